The molecule has 0 aliphatic heterocycles. The number of nitrogens with one attached hydrogen (secondary N) is 2. The SMILES string of the molecule is C[C@@H]1CCCC[C@H]1NC(=O)C1CCC(Cn2c(=O)[nH]c3ccsc3c2=O)CC1. The second-order valence-corrected chi connectivity index (χ2v) is 9.52. The van der Waals surface area contributed by atoms with Crippen molar-refractivity contribution in [1.29, 1.82) is 0 Å². The van der Waals surface area contributed by atoms with E-state index in [1.165, 1.54) is 35.2 Å². The Balaban J connectivity index is 1.35. The number of aromatic nitrogens is 2. The molecule has 2 aliphatic carbocycles. The highest BCUT2D eigenvalue weighted by atomic mass is 32.1. The molecule has 2 aliphatic rings. The highest BCUT2D eigenvalue weighted by Crippen LogP contribution is 2.31. The summed E-state index contributed by atoms with van der Waals surface area (Å²) in [5.41, 5.74) is 0.0931. The Kier molecular flexibility index (Phi) is 5.71. The molecule has 1 amide bonds. The van der Waals surface area contributed by atoms with Gasteiger partial charge in [-0.2, -0.15) is 0 Å². The molecule has 0 unspecified atom stereocenters. The molecule has 28 heavy (non-hydrogen) atoms. The zero-order chi connectivity index (χ0) is 19.7. The van der Waals surface area contributed by atoms with Crippen LogP contribution in [0.4, 0.5) is 0 Å². The van der Waals surface area contributed by atoms with E-state index in [1.807, 2.05) is 5.38 Å². The summed E-state index contributed by atoms with van der Waals surface area (Å²) < 4.78 is 1.95. The maximum Gasteiger partial charge on any atom is 0.328 e. The summed E-state index contributed by atoms with van der Waals surface area (Å²) in [5.74, 6) is 1.11. The Bertz CT molecular complexity index is 952. The maximum atomic E-state index is 12.7. The zero-order valence-electron chi connectivity index (χ0n) is 16.4. The highest BCUT2D eigenvalue weighted by molar-refractivity contribution is 7.17. The number of hydrogen-bond donors (Lipinski definition) is 2. The summed E-state index contributed by atoms with van der Waals surface area (Å²) >= 11 is 1.36. The van der Waals surface area contributed by atoms with Crippen molar-refractivity contribution in [1.82, 2.24) is 14.9 Å². The van der Waals surface area contributed by atoms with Crippen LogP contribution in [0.3, 0.4) is 0 Å². The Morgan fingerprint density at radius 1 is 1.18 bits per heavy atom. The molecule has 0 aromatic carbocycles. The normalized spacial score (nSPS) is 28.3. The zero-order valence-corrected chi connectivity index (χ0v) is 17.2. The van der Waals surface area contributed by atoms with Gasteiger partial charge in [0.1, 0.15) is 4.70 Å². The molecular formula is C21H29N3O3S. The molecule has 2 heterocycles. The van der Waals surface area contributed by atoms with Gasteiger partial charge < -0.3 is 10.3 Å². The van der Waals surface area contributed by atoms with Crippen molar-refractivity contribution in [2.24, 2.45) is 17.8 Å². The predicted octanol–water partition coefficient (Wildman–Crippen LogP) is 3.25. The minimum Gasteiger partial charge on any atom is -0.353 e. The molecule has 6 nitrogen and oxygen atoms in total. The molecule has 2 aromatic heterocycles. The van der Waals surface area contributed by atoms with Crippen LogP contribution in [0.5, 0.6) is 0 Å². The molecule has 0 radical (unpaired) electrons. The fraction of sp³-hybridized carbons (Fsp3) is 0.667. The second kappa shape index (κ2) is 8.23. The number of amides is 1. The van der Waals surface area contributed by atoms with Gasteiger partial charge in [-0.05, 0) is 61.8 Å². The molecule has 2 atom stereocenters. The molecule has 0 spiro atoms. The van der Waals surface area contributed by atoms with Gasteiger partial charge in [-0.1, -0.05) is 19.8 Å². The number of rotatable bonds is 4. The van der Waals surface area contributed by atoms with E-state index in [4.69, 9.17) is 0 Å². The van der Waals surface area contributed by atoms with Crippen LogP contribution in [0.15, 0.2) is 21.0 Å². The van der Waals surface area contributed by atoms with Gasteiger partial charge in [0.25, 0.3) is 5.56 Å². The fourth-order valence-corrected chi connectivity index (χ4v) is 5.63. The minimum absolute atomic E-state index is 0.0696. The van der Waals surface area contributed by atoms with Crippen molar-refractivity contribution in [3.05, 3.63) is 32.3 Å². The molecule has 152 valence electrons. The Hall–Kier alpha value is -1.89. The van der Waals surface area contributed by atoms with Gasteiger partial charge in [0, 0.05) is 18.5 Å². The largest absolute Gasteiger partial charge is 0.353 e. The van der Waals surface area contributed by atoms with E-state index in [-0.39, 0.29) is 29.0 Å². The molecule has 0 bridgehead atoms. The van der Waals surface area contributed by atoms with E-state index >= 15 is 0 Å². The number of carbonyl (C=O) groups excluding carboxylic acids is 1. The Morgan fingerprint density at radius 3 is 2.68 bits per heavy atom. The van der Waals surface area contributed by atoms with E-state index < -0.39 is 0 Å². The number of fused-ring (bicyclic) bond motifs is 1. The van der Waals surface area contributed by atoms with Crippen molar-refractivity contribution in [2.45, 2.75) is 70.9 Å². The number of nitrogens with zero attached hydrogens (tertiary/aromatic N) is 1. The lowest BCUT2D eigenvalue weighted by atomic mass is 9.80. The summed E-state index contributed by atoms with van der Waals surface area (Å²) in [5, 5.41) is 5.11. The molecule has 7 heteroatoms. The second-order valence-electron chi connectivity index (χ2n) is 8.60. The first-order valence-corrected chi connectivity index (χ1v) is 11.4. The van der Waals surface area contributed by atoms with Gasteiger partial charge in [-0.3, -0.25) is 14.2 Å². The van der Waals surface area contributed by atoms with Crippen LogP contribution < -0.4 is 16.6 Å². The lowest BCUT2D eigenvalue weighted by Gasteiger charge is -2.33. The summed E-state index contributed by atoms with van der Waals surface area (Å²) in [6, 6.07) is 2.10. The van der Waals surface area contributed by atoms with Gasteiger partial charge >= 0.3 is 5.69 Å². The number of thiophene rings is 1. The molecule has 2 N–H and O–H groups in total. The monoisotopic (exact) mass is 403 g/mol. The van der Waals surface area contributed by atoms with Gasteiger partial charge in [0.05, 0.1) is 5.52 Å². The van der Waals surface area contributed by atoms with Crippen molar-refractivity contribution < 1.29 is 4.79 Å². The fourth-order valence-electron chi connectivity index (χ4n) is 4.83. The number of hydrogen-bond acceptors (Lipinski definition) is 4. The molecule has 4 rings (SSSR count). The lowest BCUT2D eigenvalue weighted by molar-refractivity contribution is -0.127. The molecule has 2 fully saturated rings. The smallest absolute Gasteiger partial charge is 0.328 e. The molecule has 0 saturated heterocycles. The van der Waals surface area contributed by atoms with Crippen molar-refractivity contribution in [2.75, 3.05) is 0 Å². The van der Waals surface area contributed by atoms with Gasteiger partial charge in [0.2, 0.25) is 5.91 Å². The summed E-state index contributed by atoms with van der Waals surface area (Å²) in [6.45, 7) is 2.68. The van der Waals surface area contributed by atoms with Gasteiger partial charge in [0.15, 0.2) is 0 Å². The number of H-pyrrole nitrogens is 1. The lowest BCUT2D eigenvalue weighted by Crippen LogP contribution is -2.44. The third kappa shape index (κ3) is 3.95. The standard InChI is InChI=1S/C21H29N3O3S/c1-13-4-2-3-5-16(13)22-19(25)15-8-6-14(7-9-15)12-24-20(26)18-17(10-11-28-18)23-21(24)27/h10-11,13-16H,2-9,12H2,1H3,(H,22,25)(H,23,27)/t13-,14?,15?,16-/m1/s1. The van der Waals surface area contributed by atoms with Crippen LogP contribution in [-0.4, -0.2) is 21.5 Å². The number of aromatic amines is 1. The summed E-state index contributed by atoms with van der Waals surface area (Å²) in [6.07, 6.45) is 8.22. The van der Waals surface area contributed by atoms with Crippen LogP contribution in [0.25, 0.3) is 10.2 Å². The van der Waals surface area contributed by atoms with E-state index in [9.17, 15) is 14.4 Å². The molecular weight excluding hydrogens is 374 g/mol. The van der Waals surface area contributed by atoms with Gasteiger partial charge in [-0.15, -0.1) is 11.3 Å². The average Bonchev–Trinajstić information content (AvgIpc) is 3.16. The quantitative estimate of drug-likeness (QED) is 0.822. The van der Waals surface area contributed by atoms with Crippen molar-refractivity contribution >= 4 is 27.5 Å². The summed E-state index contributed by atoms with van der Waals surface area (Å²) in [7, 11) is 0. The van der Waals surface area contributed by atoms with Crippen molar-refractivity contribution in [3.63, 3.8) is 0 Å². The van der Waals surface area contributed by atoms with Crippen LogP contribution in [-0.2, 0) is 11.3 Å². The van der Waals surface area contributed by atoms with Crippen LogP contribution in [0.1, 0.15) is 58.3 Å². The Morgan fingerprint density at radius 2 is 1.93 bits per heavy atom. The van der Waals surface area contributed by atoms with Crippen LogP contribution in [0.2, 0.25) is 0 Å². The first-order valence-electron chi connectivity index (χ1n) is 10.5. The van der Waals surface area contributed by atoms with Crippen LogP contribution in [0, 0.1) is 17.8 Å². The molecule has 2 aromatic rings. The predicted molar refractivity (Wildman–Crippen MR) is 112 cm³/mol. The van der Waals surface area contributed by atoms with Crippen molar-refractivity contribution in [3.8, 4) is 0 Å². The average molecular weight is 404 g/mol. The van der Waals surface area contributed by atoms with E-state index in [1.54, 1.807) is 6.07 Å². The molecule has 2 saturated carbocycles. The highest BCUT2D eigenvalue weighted by Gasteiger charge is 2.30. The maximum absolute atomic E-state index is 12.7. The van der Waals surface area contributed by atoms with Gasteiger partial charge in [-0.25, -0.2) is 4.79 Å². The first kappa shape index (κ1) is 19.4. The van der Waals surface area contributed by atoms with E-state index in [2.05, 4.69) is 17.2 Å². The minimum atomic E-state index is -0.331. The third-order valence-electron chi connectivity index (χ3n) is 6.69. The van der Waals surface area contributed by atoms with E-state index in [0.717, 1.165) is 32.1 Å². The third-order valence-corrected chi connectivity index (χ3v) is 7.59. The summed E-state index contributed by atoms with van der Waals surface area (Å²) in [4.78, 5) is 40.4. The number of carbonyl (C=O) groups is 1. The topological polar surface area (TPSA) is 84.0 Å². The van der Waals surface area contributed by atoms with Crippen LogP contribution >= 0.6 is 11.3 Å². The Labute approximate surface area is 168 Å². The van der Waals surface area contributed by atoms with E-state index in [0.29, 0.717) is 28.7 Å². The first-order chi connectivity index (χ1) is 13.5.